The molecule has 0 aliphatic heterocycles. The highest BCUT2D eigenvalue weighted by Gasteiger charge is 2.30. The number of benzene rings is 2. The van der Waals surface area contributed by atoms with Gasteiger partial charge in [0.05, 0.1) is 42.6 Å². The molecule has 1 heterocycles. The van der Waals surface area contributed by atoms with Crippen molar-refractivity contribution in [3.05, 3.63) is 87.7 Å². The molecular formula is C23H21F2N3O6. The average Bonchev–Trinajstić information content (AvgIpc) is 2.83. The van der Waals surface area contributed by atoms with Gasteiger partial charge in [0.2, 0.25) is 0 Å². The summed E-state index contributed by atoms with van der Waals surface area (Å²) < 4.78 is 43.8. The Kier molecular flexibility index (Phi) is 8.04. The summed E-state index contributed by atoms with van der Waals surface area (Å²) in [4.78, 5) is 29.7. The molecule has 3 rings (SSSR count). The van der Waals surface area contributed by atoms with Crippen LogP contribution in [0.3, 0.4) is 0 Å². The number of halogens is 2. The van der Waals surface area contributed by atoms with Gasteiger partial charge in [-0.1, -0.05) is 6.07 Å². The number of anilines is 1. The van der Waals surface area contributed by atoms with Crippen molar-refractivity contribution in [2.45, 2.75) is 6.54 Å². The molecule has 11 heteroatoms. The summed E-state index contributed by atoms with van der Waals surface area (Å²) in [7, 11) is 2.78. The summed E-state index contributed by atoms with van der Waals surface area (Å²) in [5.74, 6) is -2.67. The van der Waals surface area contributed by atoms with Gasteiger partial charge in [0.25, 0.3) is 11.6 Å². The van der Waals surface area contributed by atoms with Crippen LogP contribution in [0.2, 0.25) is 0 Å². The average molecular weight is 473 g/mol. The van der Waals surface area contributed by atoms with Crippen LogP contribution in [0.4, 0.5) is 20.2 Å². The number of rotatable bonds is 10. The molecule has 0 aliphatic rings. The van der Waals surface area contributed by atoms with E-state index < -0.39 is 28.2 Å². The van der Waals surface area contributed by atoms with Gasteiger partial charge in [-0.05, 0) is 24.3 Å². The van der Waals surface area contributed by atoms with E-state index in [4.69, 9.17) is 14.2 Å². The third-order valence-electron chi connectivity index (χ3n) is 4.75. The van der Waals surface area contributed by atoms with E-state index in [1.54, 1.807) is 18.2 Å². The molecule has 0 saturated heterocycles. The van der Waals surface area contributed by atoms with Gasteiger partial charge in [-0.25, -0.2) is 8.78 Å². The molecule has 0 saturated carbocycles. The second-order valence-corrected chi connectivity index (χ2v) is 6.93. The van der Waals surface area contributed by atoms with Crippen molar-refractivity contribution in [2.75, 3.05) is 32.3 Å². The molecule has 0 spiro atoms. The van der Waals surface area contributed by atoms with E-state index in [-0.39, 0.29) is 42.5 Å². The molecule has 0 bridgehead atoms. The smallest absolute Gasteiger partial charge is 0.286 e. The monoisotopic (exact) mass is 473 g/mol. The first-order valence-electron chi connectivity index (χ1n) is 10.0. The number of carbonyl (C=O) groups is 1. The van der Waals surface area contributed by atoms with Crippen molar-refractivity contribution in [3.8, 4) is 11.5 Å². The van der Waals surface area contributed by atoms with Crippen molar-refractivity contribution in [1.82, 2.24) is 4.98 Å². The standard InChI is InChI=1S/C23H21F2N3O6/c1-32-9-10-34-22-13-20(28(30)31)17(12-21(22)33-2)23(29)27(14-16-5-3-4-8-26-16)19-7-6-15(24)11-18(19)25/h3-8,11-13H,9-10,14H2,1-2H3. The van der Waals surface area contributed by atoms with E-state index in [0.717, 1.165) is 29.2 Å². The van der Waals surface area contributed by atoms with Gasteiger partial charge in [0.15, 0.2) is 11.5 Å². The lowest BCUT2D eigenvalue weighted by molar-refractivity contribution is -0.385. The predicted octanol–water partition coefficient (Wildman–Crippen LogP) is 4.15. The summed E-state index contributed by atoms with van der Waals surface area (Å²) in [6.45, 7) is 0.0804. The summed E-state index contributed by atoms with van der Waals surface area (Å²) >= 11 is 0. The van der Waals surface area contributed by atoms with Gasteiger partial charge in [0.1, 0.15) is 23.8 Å². The van der Waals surface area contributed by atoms with Gasteiger partial charge in [-0.15, -0.1) is 0 Å². The van der Waals surface area contributed by atoms with Crippen molar-refractivity contribution in [1.29, 1.82) is 0 Å². The van der Waals surface area contributed by atoms with Crippen molar-refractivity contribution >= 4 is 17.3 Å². The molecular weight excluding hydrogens is 452 g/mol. The molecule has 1 aromatic heterocycles. The van der Waals surface area contributed by atoms with Crippen LogP contribution >= 0.6 is 0 Å². The summed E-state index contributed by atoms with van der Waals surface area (Å²) in [5.41, 5.74) is -0.841. The summed E-state index contributed by atoms with van der Waals surface area (Å²) in [5, 5.41) is 11.8. The summed E-state index contributed by atoms with van der Waals surface area (Å²) in [6.07, 6.45) is 1.48. The lowest BCUT2D eigenvalue weighted by Crippen LogP contribution is -2.32. The zero-order valence-corrected chi connectivity index (χ0v) is 18.4. The van der Waals surface area contributed by atoms with E-state index in [1.807, 2.05) is 0 Å². The highest BCUT2D eigenvalue weighted by molar-refractivity contribution is 6.09. The van der Waals surface area contributed by atoms with Crippen molar-refractivity contribution < 1.29 is 32.7 Å². The number of nitro groups is 1. The number of amides is 1. The van der Waals surface area contributed by atoms with Gasteiger partial charge in [-0.3, -0.25) is 24.8 Å². The first-order valence-corrected chi connectivity index (χ1v) is 10.0. The molecule has 2 aromatic carbocycles. The fourth-order valence-corrected chi connectivity index (χ4v) is 3.14. The Balaban J connectivity index is 2.11. The lowest BCUT2D eigenvalue weighted by Gasteiger charge is -2.23. The largest absolute Gasteiger partial charge is 0.493 e. The number of hydrogen-bond acceptors (Lipinski definition) is 7. The Labute approximate surface area is 193 Å². The van der Waals surface area contributed by atoms with Crippen molar-refractivity contribution in [3.63, 3.8) is 0 Å². The van der Waals surface area contributed by atoms with Gasteiger partial charge < -0.3 is 14.2 Å². The number of nitrogens with zero attached hydrogens (tertiary/aromatic N) is 3. The fraction of sp³-hybridized carbons (Fsp3) is 0.217. The van der Waals surface area contributed by atoms with Crippen LogP contribution in [-0.2, 0) is 11.3 Å². The van der Waals surface area contributed by atoms with Gasteiger partial charge in [-0.2, -0.15) is 0 Å². The van der Waals surface area contributed by atoms with E-state index >= 15 is 0 Å². The van der Waals surface area contributed by atoms with Crippen LogP contribution in [-0.4, -0.2) is 43.2 Å². The quantitative estimate of drug-likeness (QED) is 0.248. The molecule has 34 heavy (non-hydrogen) atoms. The molecule has 3 aromatic rings. The highest BCUT2D eigenvalue weighted by atomic mass is 19.1. The number of methoxy groups -OCH3 is 2. The SMILES string of the molecule is COCCOc1cc([N+](=O)[O-])c(C(=O)N(Cc2ccccn2)c2ccc(F)cc2F)cc1OC. The third kappa shape index (κ3) is 5.62. The Bertz CT molecular complexity index is 1180. The minimum absolute atomic E-state index is 0.0343. The van der Waals surface area contributed by atoms with E-state index in [1.165, 1.54) is 20.4 Å². The second kappa shape index (κ2) is 11.1. The maximum absolute atomic E-state index is 14.7. The number of hydrogen-bond donors (Lipinski definition) is 0. The first-order chi connectivity index (χ1) is 16.3. The topological polar surface area (TPSA) is 104 Å². The summed E-state index contributed by atoms with van der Waals surface area (Å²) in [6, 6.07) is 9.82. The first kappa shape index (κ1) is 24.5. The predicted molar refractivity (Wildman–Crippen MR) is 118 cm³/mol. The minimum Gasteiger partial charge on any atom is -0.493 e. The lowest BCUT2D eigenvalue weighted by atomic mass is 10.1. The normalized spacial score (nSPS) is 10.6. The molecule has 1 amide bonds. The van der Waals surface area contributed by atoms with Crippen LogP contribution in [0.5, 0.6) is 11.5 Å². The Hall–Kier alpha value is -4.12. The van der Waals surface area contributed by atoms with E-state index in [2.05, 4.69) is 4.98 Å². The third-order valence-corrected chi connectivity index (χ3v) is 4.75. The van der Waals surface area contributed by atoms with Gasteiger partial charge >= 0.3 is 0 Å². The molecule has 0 radical (unpaired) electrons. The molecule has 0 fully saturated rings. The number of pyridine rings is 1. The Morgan fingerprint density at radius 3 is 2.50 bits per heavy atom. The second-order valence-electron chi connectivity index (χ2n) is 6.93. The molecule has 0 unspecified atom stereocenters. The van der Waals surface area contributed by atoms with Crippen LogP contribution < -0.4 is 14.4 Å². The Morgan fingerprint density at radius 1 is 1.09 bits per heavy atom. The zero-order chi connectivity index (χ0) is 24.7. The number of ether oxygens (including phenoxy) is 3. The van der Waals surface area contributed by atoms with E-state index in [9.17, 15) is 23.7 Å². The zero-order valence-electron chi connectivity index (χ0n) is 18.4. The van der Waals surface area contributed by atoms with Crippen LogP contribution in [0.25, 0.3) is 0 Å². The Morgan fingerprint density at radius 2 is 1.88 bits per heavy atom. The maximum Gasteiger partial charge on any atom is 0.286 e. The minimum atomic E-state index is -1.02. The molecule has 0 N–H and O–H groups in total. The van der Waals surface area contributed by atoms with Crippen molar-refractivity contribution in [2.24, 2.45) is 0 Å². The molecule has 9 nitrogen and oxygen atoms in total. The molecule has 178 valence electrons. The number of nitro benzene ring substituents is 1. The van der Waals surface area contributed by atoms with Gasteiger partial charge in [0, 0.05) is 25.4 Å². The van der Waals surface area contributed by atoms with E-state index in [0.29, 0.717) is 11.8 Å². The number of carbonyl (C=O) groups excluding carboxylic acids is 1. The van der Waals surface area contributed by atoms with Crippen LogP contribution in [0.1, 0.15) is 16.1 Å². The highest BCUT2D eigenvalue weighted by Crippen LogP contribution is 2.36. The maximum atomic E-state index is 14.7. The van der Waals surface area contributed by atoms with Crippen LogP contribution in [0, 0.1) is 21.7 Å². The number of aromatic nitrogens is 1. The van der Waals surface area contributed by atoms with Crippen LogP contribution in [0.15, 0.2) is 54.7 Å². The molecule has 0 aliphatic carbocycles. The molecule has 0 atom stereocenters. The fourth-order valence-electron chi connectivity index (χ4n) is 3.14.